The zero-order valence-corrected chi connectivity index (χ0v) is 15.3. The van der Waals surface area contributed by atoms with Gasteiger partial charge in [-0.1, -0.05) is 29.8 Å². The van der Waals surface area contributed by atoms with Gasteiger partial charge in [0.25, 0.3) is 0 Å². The number of anilines is 1. The van der Waals surface area contributed by atoms with Crippen molar-refractivity contribution < 1.29 is 14.3 Å². The molecule has 2 aromatic carbocycles. The van der Waals surface area contributed by atoms with E-state index in [0.29, 0.717) is 17.3 Å². The van der Waals surface area contributed by atoms with Crippen molar-refractivity contribution in [2.45, 2.75) is 27.2 Å². The first-order valence-electron chi connectivity index (χ1n) is 8.21. The minimum absolute atomic E-state index is 0.0896. The zero-order chi connectivity index (χ0) is 18.1. The lowest BCUT2D eigenvalue weighted by atomic mass is 10.1. The van der Waals surface area contributed by atoms with Crippen LogP contribution in [0.1, 0.15) is 23.1 Å². The van der Waals surface area contributed by atoms with Gasteiger partial charge >= 0.3 is 5.97 Å². The average molecular weight is 358 g/mol. The largest absolute Gasteiger partial charge is 0.426 e. The van der Waals surface area contributed by atoms with Gasteiger partial charge in [-0.05, 0) is 55.7 Å². The monoisotopic (exact) mass is 357 g/mol. The van der Waals surface area contributed by atoms with Crippen LogP contribution in [0.4, 0.5) is 5.69 Å². The first-order valence-corrected chi connectivity index (χ1v) is 8.59. The first kappa shape index (κ1) is 17.5. The van der Waals surface area contributed by atoms with Gasteiger partial charge in [0.1, 0.15) is 5.75 Å². The number of nitrogens with zero attached hydrogens (tertiary/aromatic N) is 1. The molecule has 0 N–H and O–H groups in total. The zero-order valence-electron chi connectivity index (χ0n) is 14.5. The number of ether oxygens (including phenoxy) is 1. The maximum atomic E-state index is 12.5. The van der Waals surface area contributed by atoms with Gasteiger partial charge < -0.3 is 9.64 Å². The van der Waals surface area contributed by atoms with Gasteiger partial charge in [-0.15, -0.1) is 0 Å². The third-order valence-electron chi connectivity index (χ3n) is 4.54. The maximum Gasteiger partial charge on any atom is 0.316 e. The fourth-order valence-electron chi connectivity index (χ4n) is 3.00. The van der Waals surface area contributed by atoms with E-state index in [9.17, 15) is 9.59 Å². The molecule has 0 spiro atoms. The van der Waals surface area contributed by atoms with Gasteiger partial charge in [0, 0.05) is 23.7 Å². The third kappa shape index (κ3) is 3.54. The smallest absolute Gasteiger partial charge is 0.316 e. The molecule has 1 saturated heterocycles. The highest BCUT2D eigenvalue weighted by Gasteiger charge is 2.37. The summed E-state index contributed by atoms with van der Waals surface area (Å²) >= 11 is 6.15. The van der Waals surface area contributed by atoms with Crippen molar-refractivity contribution >= 4 is 29.2 Å². The van der Waals surface area contributed by atoms with E-state index in [-0.39, 0.29) is 18.3 Å². The number of hydrogen-bond donors (Lipinski definition) is 0. The number of benzene rings is 2. The molecule has 0 unspecified atom stereocenters. The normalized spacial score (nSPS) is 17.0. The highest BCUT2D eigenvalue weighted by Crippen LogP contribution is 2.32. The summed E-state index contributed by atoms with van der Waals surface area (Å²) in [6.45, 7) is 6.01. The molecule has 5 heteroatoms. The minimum Gasteiger partial charge on any atom is -0.426 e. The van der Waals surface area contributed by atoms with Crippen molar-refractivity contribution in [3.8, 4) is 5.75 Å². The molecule has 0 bridgehead atoms. The third-order valence-corrected chi connectivity index (χ3v) is 4.95. The molecule has 0 aromatic heterocycles. The number of carbonyl (C=O) groups is 2. The van der Waals surface area contributed by atoms with E-state index >= 15 is 0 Å². The SMILES string of the molecule is Cc1ccc(C)c(OC(=O)[C@H]2CC(=O)N(c3cccc(Cl)c3C)C2)c1. The van der Waals surface area contributed by atoms with Crippen molar-refractivity contribution in [2.75, 3.05) is 11.4 Å². The summed E-state index contributed by atoms with van der Waals surface area (Å²) in [6.07, 6.45) is 0.148. The highest BCUT2D eigenvalue weighted by molar-refractivity contribution is 6.31. The molecular weight excluding hydrogens is 338 g/mol. The average Bonchev–Trinajstić information content (AvgIpc) is 2.95. The van der Waals surface area contributed by atoms with Crippen molar-refractivity contribution in [2.24, 2.45) is 5.92 Å². The van der Waals surface area contributed by atoms with Crippen molar-refractivity contribution in [1.29, 1.82) is 0 Å². The summed E-state index contributed by atoms with van der Waals surface area (Å²) in [5, 5.41) is 0.603. The van der Waals surface area contributed by atoms with Crippen LogP contribution in [0, 0.1) is 26.7 Å². The van der Waals surface area contributed by atoms with E-state index in [4.69, 9.17) is 16.3 Å². The Morgan fingerprint density at radius 2 is 1.96 bits per heavy atom. The Kier molecular flexibility index (Phi) is 4.82. The van der Waals surface area contributed by atoms with Gasteiger partial charge in [0.2, 0.25) is 5.91 Å². The van der Waals surface area contributed by atoms with Crippen LogP contribution in [0.3, 0.4) is 0 Å². The molecule has 1 atom stereocenters. The van der Waals surface area contributed by atoms with Crippen LogP contribution in [0.2, 0.25) is 5.02 Å². The van der Waals surface area contributed by atoms with Gasteiger partial charge in [-0.3, -0.25) is 9.59 Å². The molecule has 25 heavy (non-hydrogen) atoms. The summed E-state index contributed by atoms with van der Waals surface area (Å²) in [6, 6.07) is 11.2. The Bertz CT molecular complexity index is 847. The Labute approximate surface area is 152 Å². The summed E-state index contributed by atoms with van der Waals surface area (Å²) in [4.78, 5) is 26.5. The maximum absolute atomic E-state index is 12.5. The summed E-state index contributed by atoms with van der Waals surface area (Å²) in [5.41, 5.74) is 3.50. The molecule has 3 rings (SSSR count). The van der Waals surface area contributed by atoms with Crippen LogP contribution in [0.5, 0.6) is 5.75 Å². The molecule has 2 aromatic rings. The molecule has 0 saturated carbocycles. The molecule has 1 fully saturated rings. The van der Waals surface area contributed by atoms with Crippen molar-refractivity contribution in [3.63, 3.8) is 0 Å². The van der Waals surface area contributed by atoms with Crippen LogP contribution in [-0.4, -0.2) is 18.4 Å². The lowest BCUT2D eigenvalue weighted by Crippen LogP contribution is -2.28. The Balaban J connectivity index is 1.77. The molecule has 130 valence electrons. The number of carbonyl (C=O) groups excluding carboxylic acids is 2. The van der Waals surface area contributed by atoms with Crippen molar-refractivity contribution in [1.82, 2.24) is 0 Å². The standard InChI is InChI=1S/C20H20ClNO3/c1-12-7-8-13(2)18(9-12)25-20(24)15-10-19(23)22(11-15)17-6-4-5-16(21)14(17)3/h4-9,15H,10-11H2,1-3H3/t15-/m0/s1. The van der Waals surface area contributed by atoms with Crippen LogP contribution in [0.15, 0.2) is 36.4 Å². The summed E-state index contributed by atoms with van der Waals surface area (Å²) < 4.78 is 5.55. The second kappa shape index (κ2) is 6.89. The van der Waals surface area contributed by atoms with E-state index in [1.165, 1.54) is 0 Å². The number of aryl methyl sites for hydroxylation is 2. The van der Waals surface area contributed by atoms with Gasteiger partial charge in [0.15, 0.2) is 0 Å². The number of rotatable bonds is 3. The molecule has 4 nitrogen and oxygen atoms in total. The predicted octanol–water partition coefficient (Wildman–Crippen LogP) is 4.22. The molecule has 1 aliphatic heterocycles. The quantitative estimate of drug-likeness (QED) is 0.610. The molecule has 1 heterocycles. The number of hydrogen-bond acceptors (Lipinski definition) is 3. The van der Waals surface area contributed by atoms with E-state index in [2.05, 4.69) is 0 Å². The fraction of sp³-hybridized carbons (Fsp3) is 0.300. The molecule has 1 amide bonds. The second-order valence-corrected chi connectivity index (χ2v) is 6.89. The van der Waals surface area contributed by atoms with Crippen LogP contribution >= 0.6 is 11.6 Å². The lowest BCUT2D eigenvalue weighted by Gasteiger charge is -2.19. The minimum atomic E-state index is -0.481. The summed E-state index contributed by atoms with van der Waals surface area (Å²) in [5.74, 6) is -0.391. The van der Waals surface area contributed by atoms with E-state index in [0.717, 1.165) is 22.4 Å². The van der Waals surface area contributed by atoms with E-state index < -0.39 is 5.92 Å². The number of amides is 1. The van der Waals surface area contributed by atoms with Gasteiger partial charge in [-0.25, -0.2) is 0 Å². The van der Waals surface area contributed by atoms with Gasteiger partial charge in [0.05, 0.1) is 5.92 Å². The highest BCUT2D eigenvalue weighted by atomic mass is 35.5. The number of esters is 1. The lowest BCUT2D eigenvalue weighted by molar-refractivity contribution is -0.139. The molecular formula is C20H20ClNO3. The molecule has 0 aliphatic carbocycles. The van der Waals surface area contributed by atoms with Gasteiger partial charge in [-0.2, -0.15) is 0 Å². The fourth-order valence-corrected chi connectivity index (χ4v) is 3.17. The second-order valence-electron chi connectivity index (χ2n) is 6.48. The van der Waals surface area contributed by atoms with Crippen molar-refractivity contribution in [3.05, 3.63) is 58.1 Å². The molecule has 1 aliphatic rings. The predicted molar refractivity (Wildman–Crippen MR) is 98.2 cm³/mol. The molecule has 0 radical (unpaired) electrons. The number of halogens is 1. The Hall–Kier alpha value is -2.33. The van der Waals surface area contributed by atoms with Crippen LogP contribution in [0.25, 0.3) is 0 Å². The summed E-state index contributed by atoms with van der Waals surface area (Å²) in [7, 11) is 0. The van der Waals surface area contributed by atoms with E-state index in [1.807, 2.05) is 45.0 Å². The van der Waals surface area contributed by atoms with E-state index in [1.54, 1.807) is 17.0 Å². The Morgan fingerprint density at radius 3 is 2.72 bits per heavy atom. The first-order chi connectivity index (χ1) is 11.9. The topological polar surface area (TPSA) is 46.6 Å². The Morgan fingerprint density at radius 1 is 1.20 bits per heavy atom. The van der Waals surface area contributed by atoms with Crippen LogP contribution < -0.4 is 9.64 Å². The van der Waals surface area contributed by atoms with Crippen LogP contribution in [-0.2, 0) is 9.59 Å².